The van der Waals surface area contributed by atoms with E-state index in [1.807, 2.05) is 0 Å². The summed E-state index contributed by atoms with van der Waals surface area (Å²) in [6.45, 7) is 15.3. The van der Waals surface area contributed by atoms with Crippen molar-refractivity contribution in [3.05, 3.63) is 27.8 Å². The Labute approximate surface area is 111 Å². The summed E-state index contributed by atoms with van der Waals surface area (Å²) in [5, 5.41) is 3.43. The number of hydrogen-bond donors (Lipinski definition) is 1. The van der Waals surface area contributed by atoms with Crippen molar-refractivity contribution in [2.24, 2.45) is 0 Å². The molecule has 0 aromatic heterocycles. The van der Waals surface area contributed by atoms with Gasteiger partial charge in [-0.1, -0.05) is 0 Å². The Morgan fingerprint density at radius 3 is 1.50 bits per heavy atom. The maximum atomic E-state index is 6.29. The van der Waals surface area contributed by atoms with Crippen LogP contribution in [0.3, 0.4) is 0 Å². The minimum absolute atomic E-state index is 0.295. The van der Waals surface area contributed by atoms with Gasteiger partial charge >= 0.3 is 0 Å². The molecule has 1 aliphatic heterocycles. The quantitative estimate of drug-likeness (QED) is 0.865. The first-order chi connectivity index (χ1) is 8.34. The van der Waals surface area contributed by atoms with Crippen LogP contribution in [0.1, 0.15) is 41.7 Å². The summed E-state index contributed by atoms with van der Waals surface area (Å²) in [6, 6.07) is 0.890. The molecule has 2 unspecified atom stereocenters. The molecule has 18 heavy (non-hydrogen) atoms. The van der Waals surface area contributed by atoms with Gasteiger partial charge in [-0.3, -0.25) is 0 Å². The molecule has 1 saturated heterocycles. The van der Waals surface area contributed by atoms with Gasteiger partial charge in [-0.2, -0.15) is 0 Å². The van der Waals surface area contributed by atoms with Crippen LogP contribution in [0.15, 0.2) is 0 Å². The zero-order chi connectivity index (χ0) is 13.6. The summed E-state index contributed by atoms with van der Waals surface area (Å²) in [4.78, 5) is 0. The van der Waals surface area contributed by atoms with Gasteiger partial charge in [-0.25, -0.2) is 0 Å². The van der Waals surface area contributed by atoms with Crippen LogP contribution in [0, 0.1) is 34.6 Å². The van der Waals surface area contributed by atoms with Crippen LogP contribution in [0.25, 0.3) is 0 Å². The van der Waals surface area contributed by atoms with Crippen molar-refractivity contribution >= 4 is 0 Å². The van der Waals surface area contributed by atoms with Gasteiger partial charge < -0.3 is 10.1 Å². The van der Waals surface area contributed by atoms with E-state index in [1.165, 1.54) is 27.8 Å². The molecular formula is C16H25NO. The fourth-order valence-corrected chi connectivity index (χ4v) is 2.90. The van der Waals surface area contributed by atoms with Gasteiger partial charge in [0, 0.05) is 12.1 Å². The van der Waals surface area contributed by atoms with Gasteiger partial charge in [-0.15, -0.1) is 0 Å². The van der Waals surface area contributed by atoms with E-state index in [1.54, 1.807) is 0 Å². The summed E-state index contributed by atoms with van der Waals surface area (Å²) >= 11 is 0. The molecule has 0 bridgehead atoms. The third kappa shape index (κ3) is 1.93. The van der Waals surface area contributed by atoms with Crippen molar-refractivity contribution in [1.29, 1.82) is 0 Å². The second kappa shape index (κ2) is 4.58. The van der Waals surface area contributed by atoms with Crippen LogP contribution in [0.5, 0.6) is 5.75 Å². The molecule has 0 saturated carbocycles. The second-order valence-corrected chi connectivity index (χ2v) is 5.78. The first kappa shape index (κ1) is 13.4. The first-order valence-electron chi connectivity index (χ1n) is 6.84. The van der Waals surface area contributed by atoms with Gasteiger partial charge in [0.2, 0.25) is 0 Å². The van der Waals surface area contributed by atoms with Crippen molar-refractivity contribution in [3.63, 3.8) is 0 Å². The lowest BCUT2D eigenvalue weighted by Crippen LogP contribution is -2.65. The highest BCUT2D eigenvalue weighted by Gasteiger charge is 2.36. The summed E-state index contributed by atoms with van der Waals surface area (Å²) in [5.74, 6) is 1.10. The van der Waals surface area contributed by atoms with Crippen molar-refractivity contribution in [1.82, 2.24) is 5.32 Å². The fraction of sp³-hybridized carbons (Fsp3) is 0.625. The van der Waals surface area contributed by atoms with Crippen LogP contribution >= 0.6 is 0 Å². The minimum atomic E-state index is 0.295. The van der Waals surface area contributed by atoms with Crippen molar-refractivity contribution in [2.75, 3.05) is 0 Å². The number of ether oxygens (including phenoxy) is 1. The van der Waals surface area contributed by atoms with E-state index in [4.69, 9.17) is 4.74 Å². The van der Waals surface area contributed by atoms with Gasteiger partial charge in [-0.05, 0) is 76.3 Å². The van der Waals surface area contributed by atoms with Gasteiger partial charge in [0.05, 0.1) is 0 Å². The summed E-state index contributed by atoms with van der Waals surface area (Å²) < 4.78 is 6.29. The third-order valence-corrected chi connectivity index (χ3v) is 4.70. The van der Waals surface area contributed by atoms with E-state index in [-0.39, 0.29) is 0 Å². The van der Waals surface area contributed by atoms with Gasteiger partial charge in [0.1, 0.15) is 11.9 Å². The molecule has 1 aromatic rings. The van der Waals surface area contributed by atoms with Crippen molar-refractivity contribution in [3.8, 4) is 5.75 Å². The average Bonchev–Trinajstić information content (AvgIpc) is 2.34. The number of nitrogens with one attached hydrogen (secondary N) is 1. The predicted molar refractivity (Wildman–Crippen MR) is 76.6 cm³/mol. The largest absolute Gasteiger partial charge is 0.487 e. The monoisotopic (exact) mass is 247 g/mol. The molecule has 0 spiro atoms. The van der Waals surface area contributed by atoms with E-state index >= 15 is 0 Å². The minimum Gasteiger partial charge on any atom is -0.487 e. The zero-order valence-electron chi connectivity index (χ0n) is 12.6. The van der Waals surface area contributed by atoms with Gasteiger partial charge in [0.15, 0.2) is 0 Å². The molecule has 100 valence electrons. The van der Waals surface area contributed by atoms with Crippen LogP contribution in [0.2, 0.25) is 0 Å². The molecular weight excluding hydrogens is 222 g/mol. The Balaban J connectivity index is 2.39. The lowest BCUT2D eigenvalue weighted by molar-refractivity contribution is 0.0456. The molecule has 1 aromatic carbocycles. The molecule has 0 radical (unpaired) electrons. The third-order valence-electron chi connectivity index (χ3n) is 4.70. The van der Waals surface area contributed by atoms with Crippen LogP contribution in [-0.4, -0.2) is 18.2 Å². The number of hydrogen-bond acceptors (Lipinski definition) is 2. The maximum absolute atomic E-state index is 6.29. The molecule has 0 aliphatic carbocycles. The molecule has 2 heteroatoms. The summed E-state index contributed by atoms with van der Waals surface area (Å²) in [6.07, 6.45) is 0.295. The number of benzene rings is 1. The van der Waals surface area contributed by atoms with Crippen LogP contribution < -0.4 is 10.1 Å². The molecule has 2 rings (SSSR count). The first-order valence-corrected chi connectivity index (χ1v) is 6.84. The molecule has 1 fully saturated rings. The standard InChI is InChI=1S/C16H25NO/c1-8-9(2)11(4)15(12(5)10(8)3)18-16-13(6)17-14(16)7/h13-14,16-17H,1-7H3. The zero-order valence-corrected chi connectivity index (χ0v) is 12.6. The molecule has 2 atom stereocenters. The number of rotatable bonds is 2. The smallest absolute Gasteiger partial charge is 0.129 e. The Morgan fingerprint density at radius 2 is 1.11 bits per heavy atom. The Bertz CT molecular complexity index is 441. The van der Waals surface area contributed by atoms with Gasteiger partial charge in [0.25, 0.3) is 0 Å². The SMILES string of the molecule is Cc1c(C)c(C)c(OC2C(C)NC2C)c(C)c1C. The molecule has 1 aliphatic rings. The van der Waals surface area contributed by atoms with Crippen LogP contribution in [0.4, 0.5) is 0 Å². The van der Waals surface area contributed by atoms with E-state index in [0.29, 0.717) is 18.2 Å². The van der Waals surface area contributed by atoms with E-state index in [2.05, 4.69) is 53.8 Å². The molecule has 1 N–H and O–H groups in total. The van der Waals surface area contributed by atoms with Crippen molar-refractivity contribution < 1.29 is 4.74 Å². The highest BCUT2D eigenvalue weighted by atomic mass is 16.5. The summed E-state index contributed by atoms with van der Waals surface area (Å²) in [5.41, 5.74) is 6.70. The van der Waals surface area contributed by atoms with E-state index in [9.17, 15) is 0 Å². The normalized spacial score (nSPS) is 26.9. The average molecular weight is 247 g/mol. The second-order valence-electron chi connectivity index (χ2n) is 5.78. The Morgan fingerprint density at radius 1 is 0.722 bits per heavy atom. The van der Waals surface area contributed by atoms with E-state index < -0.39 is 0 Å². The highest BCUT2D eigenvalue weighted by Crippen LogP contribution is 2.34. The van der Waals surface area contributed by atoms with Crippen molar-refractivity contribution in [2.45, 2.75) is 66.7 Å². The molecule has 0 amide bonds. The van der Waals surface area contributed by atoms with Crippen LogP contribution in [-0.2, 0) is 0 Å². The molecule has 1 heterocycles. The topological polar surface area (TPSA) is 21.3 Å². The van der Waals surface area contributed by atoms with E-state index in [0.717, 1.165) is 5.75 Å². The highest BCUT2D eigenvalue weighted by molar-refractivity contribution is 5.53. The predicted octanol–water partition coefficient (Wildman–Crippen LogP) is 3.36. The molecule has 2 nitrogen and oxygen atoms in total. The lowest BCUT2D eigenvalue weighted by atomic mass is 9.92. The summed E-state index contributed by atoms with van der Waals surface area (Å²) in [7, 11) is 0. The lowest BCUT2D eigenvalue weighted by Gasteiger charge is -2.43. The fourth-order valence-electron chi connectivity index (χ4n) is 2.90. The maximum Gasteiger partial charge on any atom is 0.129 e. The Kier molecular flexibility index (Phi) is 3.41. The Hall–Kier alpha value is -1.02.